The highest BCUT2D eigenvalue weighted by Crippen LogP contribution is 2.43. The molecule has 0 aliphatic rings. The van der Waals surface area contributed by atoms with Crippen LogP contribution in [0.25, 0.3) is 0 Å². The molecule has 0 radical (unpaired) electrons. The van der Waals surface area contributed by atoms with Crippen molar-refractivity contribution in [3.8, 4) is 0 Å². The van der Waals surface area contributed by atoms with Gasteiger partial charge in [0.25, 0.3) is 0 Å². The summed E-state index contributed by atoms with van der Waals surface area (Å²) in [6, 6.07) is 0. The summed E-state index contributed by atoms with van der Waals surface area (Å²) in [5, 5.41) is 0. The van der Waals surface area contributed by atoms with Gasteiger partial charge in [-0.2, -0.15) is 0 Å². The average molecular weight is 1070 g/mol. The summed E-state index contributed by atoms with van der Waals surface area (Å²) in [5.74, 6) is -0.819. The van der Waals surface area contributed by atoms with Gasteiger partial charge in [-0.25, -0.2) is 4.57 Å². The molecule has 0 saturated carbocycles. The predicted octanol–water partition coefficient (Wildman–Crippen LogP) is 19.7. The van der Waals surface area contributed by atoms with E-state index in [1.165, 1.54) is 161 Å². The number of hydrogen-bond donors (Lipinski definition) is 1. The zero-order valence-corrected chi connectivity index (χ0v) is 50.4. The van der Waals surface area contributed by atoms with Gasteiger partial charge in [0.05, 0.1) is 27.7 Å². The number of nitrogens with zero attached hydrogens (tertiary/aromatic N) is 1. The van der Waals surface area contributed by atoms with Crippen molar-refractivity contribution in [2.24, 2.45) is 0 Å². The third kappa shape index (κ3) is 60.5. The Labute approximate surface area is 463 Å². The minimum Gasteiger partial charge on any atom is -0.462 e. The number of esters is 2. The number of unbranched alkanes of at least 4 members (excludes halogenated alkanes) is 31. The first-order chi connectivity index (χ1) is 36.5. The van der Waals surface area contributed by atoms with Gasteiger partial charge in [0.1, 0.15) is 19.8 Å². The summed E-state index contributed by atoms with van der Waals surface area (Å²) in [6.07, 6.45) is 74.2. The highest BCUT2D eigenvalue weighted by molar-refractivity contribution is 7.47. The number of hydrogen-bond acceptors (Lipinski definition) is 7. The first kappa shape index (κ1) is 72.5. The van der Waals surface area contributed by atoms with E-state index in [1.807, 2.05) is 21.1 Å². The summed E-state index contributed by atoms with van der Waals surface area (Å²) in [7, 11) is 1.46. The van der Waals surface area contributed by atoms with Crippen molar-refractivity contribution >= 4 is 19.8 Å². The van der Waals surface area contributed by atoms with Gasteiger partial charge in [0.15, 0.2) is 6.10 Å². The molecule has 0 fully saturated rings. The monoisotopic (exact) mass is 1070 g/mol. The number of phosphoric acid groups is 1. The van der Waals surface area contributed by atoms with Crippen molar-refractivity contribution in [3.63, 3.8) is 0 Å². The largest absolute Gasteiger partial charge is 0.472 e. The lowest BCUT2D eigenvalue weighted by Crippen LogP contribution is -2.37. The smallest absolute Gasteiger partial charge is 0.462 e. The summed E-state index contributed by atoms with van der Waals surface area (Å²) in [4.78, 5) is 35.7. The average Bonchev–Trinajstić information content (AvgIpc) is 3.37. The highest BCUT2D eigenvalue weighted by atomic mass is 31.2. The van der Waals surface area contributed by atoms with Crippen LogP contribution in [0.2, 0.25) is 0 Å². The third-order valence-corrected chi connectivity index (χ3v) is 14.5. The second-order valence-electron chi connectivity index (χ2n) is 22.1. The molecule has 0 saturated heterocycles. The Bertz CT molecular complexity index is 1500. The first-order valence-electron chi connectivity index (χ1n) is 31.2. The van der Waals surface area contributed by atoms with E-state index < -0.39 is 26.5 Å². The Hall–Kier alpha value is -2.55. The standard InChI is InChI=1S/C65H118NO8P/c1-6-8-10-12-14-16-18-20-22-24-26-28-30-31-32-33-34-36-37-39-41-43-45-47-49-51-53-55-57-64(67)71-61-63(62-73-75(69,70)72-60-59-66(3,4)5)74-65(68)58-56-54-52-50-48-46-44-42-40-38-35-29-27-25-23-21-19-17-15-13-11-9-7-2/h9,11,15,17,21,23,27,29,38,40,44,46,63H,6-8,10,12-14,16,18-20,22,24-26,28,30-37,39,41-43,45,47-62H2,1-5H3/p+1/b11-9-,17-15-,23-21-,29-27-,40-38-,46-44-. The number of carbonyl (C=O) groups is 2. The van der Waals surface area contributed by atoms with Crippen LogP contribution in [0.5, 0.6) is 0 Å². The maximum absolute atomic E-state index is 12.8. The van der Waals surface area contributed by atoms with Crippen LogP contribution in [0.1, 0.15) is 277 Å². The van der Waals surface area contributed by atoms with Crippen LogP contribution in [0.3, 0.4) is 0 Å². The number of carbonyl (C=O) groups excluding carboxylic acids is 2. The van der Waals surface area contributed by atoms with E-state index in [4.69, 9.17) is 18.5 Å². The highest BCUT2D eigenvalue weighted by Gasteiger charge is 2.27. The van der Waals surface area contributed by atoms with Gasteiger partial charge in [-0.1, -0.05) is 273 Å². The van der Waals surface area contributed by atoms with E-state index in [2.05, 4.69) is 86.8 Å². The second-order valence-corrected chi connectivity index (χ2v) is 23.5. The number of rotatable bonds is 57. The van der Waals surface area contributed by atoms with Crippen molar-refractivity contribution in [2.75, 3.05) is 47.5 Å². The summed E-state index contributed by atoms with van der Waals surface area (Å²) >= 11 is 0. The molecular weight excluding hydrogens is 954 g/mol. The van der Waals surface area contributed by atoms with Gasteiger partial charge in [-0.05, 0) is 64.2 Å². The Morgan fingerprint density at radius 2 is 0.760 bits per heavy atom. The molecule has 10 heteroatoms. The van der Waals surface area contributed by atoms with Crippen molar-refractivity contribution in [2.45, 2.75) is 283 Å². The molecule has 2 atom stereocenters. The van der Waals surface area contributed by atoms with E-state index in [9.17, 15) is 19.0 Å². The molecule has 0 bridgehead atoms. The van der Waals surface area contributed by atoms with Gasteiger partial charge in [0.2, 0.25) is 0 Å². The van der Waals surface area contributed by atoms with E-state index in [0.29, 0.717) is 17.4 Å². The Kier molecular flexibility index (Phi) is 54.3. The molecule has 0 aromatic carbocycles. The van der Waals surface area contributed by atoms with Gasteiger partial charge < -0.3 is 18.9 Å². The predicted molar refractivity (Wildman–Crippen MR) is 321 cm³/mol. The van der Waals surface area contributed by atoms with Crippen LogP contribution < -0.4 is 0 Å². The molecule has 0 spiro atoms. The molecule has 0 aromatic rings. The maximum Gasteiger partial charge on any atom is 0.472 e. The third-order valence-electron chi connectivity index (χ3n) is 13.5. The zero-order chi connectivity index (χ0) is 54.9. The molecule has 0 aliphatic carbocycles. The van der Waals surface area contributed by atoms with E-state index in [1.54, 1.807) is 0 Å². The lowest BCUT2D eigenvalue weighted by Gasteiger charge is -2.24. The van der Waals surface area contributed by atoms with Crippen LogP contribution in [0.15, 0.2) is 72.9 Å². The molecule has 9 nitrogen and oxygen atoms in total. The van der Waals surface area contributed by atoms with Crippen LogP contribution >= 0.6 is 7.82 Å². The maximum atomic E-state index is 12.8. The fourth-order valence-electron chi connectivity index (χ4n) is 8.73. The molecule has 0 amide bonds. The zero-order valence-electron chi connectivity index (χ0n) is 49.5. The Morgan fingerprint density at radius 3 is 1.13 bits per heavy atom. The molecule has 1 N–H and O–H groups in total. The second kappa shape index (κ2) is 56.2. The summed E-state index contributed by atoms with van der Waals surface area (Å²) < 4.78 is 34.6. The minimum absolute atomic E-state index is 0.0243. The first-order valence-corrected chi connectivity index (χ1v) is 32.7. The van der Waals surface area contributed by atoms with Crippen molar-refractivity contribution in [1.82, 2.24) is 0 Å². The van der Waals surface area contributed by atoms with Gasteiger partial charge in [-0.3, -0.25) is 18.6 Å². The van der Waals surface area contributed by atoms with Gasteiger partial charge in [0, 0.05) is 12.8 Å². The number of allylic oxidation sites excluding steroid dienone is 12. The molecule has 0 aliphatic heterocycles. The van der Waals surface area contributed by atoms with Crippen LogP contribution in [-0.4, -0.2) is 74.9 Å². The van der Waals surface area contributed by atoms with Crippen molar-refractivity contribution in [3.05, 3.63) is 72.9 Å². The van der Waals surface area contributed by atoms with E-state index >= 15 is 0 Å². The molecule has 0 heterocycles. The fraction of sp³-hybridized carbons (Fsp3) is 0.785. The topological polar surface area (TPSA) is 108 Å². The molecule has 2 unspecified atom stereocenters. The van der Waals surface area contributed by atoms with Crippen molar-refractivity contribution in [1.29, 1.82) is 0 Å². The number of ether oxygens (including phenoxy) is 2. The number of quaternary nitrogens is 1. The van der Waals surface area contributed by atoms with Crippen LogP contribution in [-0.2, 0) is 32.7 Å². The minimum atomic E-state index is -4.40. The number of phosphoric ester groups is 1. The molecule has 0 aromatic heterocycles. The molecule has 75 heavy (non-hydrogen) atoms. The summed E-state index contributed by atoms with van der Waals surface area (Å²) in [6.45, 7) is 4.32. The Morgan fingerprint density at radius 1 is 0.427 bits per heavy atom. The van der Waals surface area contributed by atoms with Crippen LogP contribution in [0.4, 0.5) is 0 Å². The number of likely N-dealkylation sites (N-methyl/N-ethyl adjacent to an activating group) is 1. The molecule has 436 valence electrons. The lowest BCUT2D eigenvalue weighted by atomic mass is 10.0. The SMILES string of the molecule is CC/C=C\C/C=C\C/C=C\C/C=C\C/C=C\C/C=C\CCCCCCC(=O)OC(COC(=O)CCCCCCCCCCCCCCCCCCCCCCCCCCCCCC)COP(=O)(O)OCC[N+](C)(C)C. The fourth-order valence-corrected chi connectivity index (χ4v) is 9.47. The quantitative estimate of drug-likeness (QED) is 0.0211. The van der Waals surface area contributed by atoms with Crippen LogP contribution in [0, 0.1) is 0 Å². The molecule has 0 rings (SSSR count). The Balaban J connectivity index is 4.14. The van der Waals surface area contributed by atoms with Crippen molar-refractivity contribution < 1.29 is 42.1 Å². The molecular formula is C65H119NO8P+. The normalized spacial score (nSPS) is 13.7. The van der Waals surface area contributed by atoms with Gasteiger partial charge in [-0.15, -0.1) is 0 Å². The summed E-state index contributed by atoms with van der Waals surface area (Å²) in [5.41, 5.74) is 0. The lowest BCUT2D eigenvalue weighted by molar-refractivity contribution is -0.870. The van der Waals surface area contributed by atoms with E-state index in [0.717, 1.165) is 83.5 Å². The van der Waals surface area contributed by atoms with E-state index in [-0.39, 0.29) is 32.0 Å². The van der Waals surface area contributed by atoms with Gasteiger partial charge >= 0.3 is 19.8 Å².